The number of carboxylic acids is 1. The normalized spacial score (nSPS) is 20.9. The molecule has 0 spiro atoms. The van der Waals surface area contributed by atoms with Crippen molar-refractivity contribution in [3.63, 3.8) is 0 Å². The fourth-order valence-corrected chi connectivity index (χ4v) is 8.11. The first kappa shape index (κ1) is 36.8. The van der Waals surface area contributed by atoms with E-state index in [0.717, 1.165) is 49.0 Å². The van der Waals surface area contributed by atoms with Crippen molar-refractivity contribution in [2.75, 3.05) is 61.0 Å². The molecule has 3 heterocycles. The van der Waals surface area contributed by atoms with Crippen LogP contribution in [0.25, 0.3) is 0 Å². The van der Waals surface area contributed by atoms with E-state index in [1.807, 2.05) is 36.1 Å². The quantitative estimate of drug-likeness (QED) is 0.248. The number of ether oxygens (including phenoxy) is 2. The summed E-state index contributed by atoms with van der Waals surface area (Å²) in [5.74, 6) is 0.740. The number of aromatic carboxylic acids is 1. The topological polar surface area (TPSA) is 107 Å². The summed E-state index contributed by atoms with van der Waals surface area (Å²) in [5, 5.41) is 13.8. The zero-order valence-corrected chi connectivity index (χ0v) is 31.6. The first-order valence-electron chi connectivity index (χ1n) is 18.2. The highest BCUT2D eigenvalue weighted by atomic mass is 35.5. The van der Waals surface area contributed by atoms with Crippen LogP contribution in [-0.4, -0.2) is 78.5 Å². The molecule has 0 radical (unpaired) electrons. The second-order valence-electron chi connectivity index (χ2n) is 16.0. The fraction of sp³-hybridized carbons (Fsp3) is 0.525. The van der Waals surface area contributed by atoms with Crippen molar-refractivity contribution in [1.82, 2.24) is 9.88 Å². The summed E-state index contributed by atoms with van der Waals surface area (Å²) >= 11 is 6.25. The lowest BCUT2D eigenvalue weighted by molar-refractivity contribution is 0.0633. The second kappa shape index (κ2) is 14.9. The van der Waals surface area contributed by atoms with Crippen molar-refractivity contribution in [1.29, 1.82) is 0 Å². The highest BCUT2D eigenvalue weighted by Crippen LogP contribution is 2.47. The van der Waals surface area contributed by atoms with E-state index in [1.54, 1.807) is 32.9 Å². The minimum Gasteiger partial charge on any atom is -0.478 e. The van der Waals surface area contributed by atoms with Gasteiger partial charge in [-0.15, -0.1) is 0 Å². The van der Waals surface area contributed by atoms with Crippen LogP contribution in [0.3, 0.4) is 0 Å². The monoisotopic (exact) mass is 717 g/mol. The first-order chi connectivity index (χ1) is 24.2. The number of carboxylic acid groups (broad SMARTS) is 1. The smallest absolute Gasteiger partial charge is 0.413 e. The predicted molar refractivity (Wildman–Crippen MR) is 203 cm³/mol. The molecule has 0 bridgehead atoms. The van der Waals surface area contributed by atoms with E-state index >= 15 is 0 Å². The number of nitrogens with zero attached hydrogens (tertiary/aromatic N) is 4. The van der Waals surface area contributed by atoms with Gasteiger partial charge in [0.2, 0.25) is 5.88 Å². The molecular formula is C40H52ClN5O5. The lowest BCUT2D eigenvalue weighted by Gasteiger charge is -2.45. The van der Waals surface area contributed by atoms with Crippen molar-refractivity contribution >= 4 is 46.5 Å². The fourth-order valence-electron chi connectivity index (χ4n) is 7.98. The summed E-state index contributed by atoms with van der Waals surface area (Å²) in [6.45, 7) is 17.8. The number of piperazine rings is 1. The molecule has 2 unspecified atom stereocenters. The van der Waals surface area contributed by atoms with Crippen LogP contribution < -0.4 is 19.9 Å². The molecule has 6 rings (SSSR count). The van der Waals surface area contributed by atoms with E-state index in [0.29, 0.717) is 59.9 Å². The van der Waals surface area contributed by atoms with Gasteiger partial charge in [-0.05, 0) is 118 Å². The van der Waals surface area contributed by atoms with Gasteiger partial charge in [0, 0.05) is 50.0 Å². The van der Waals surface area contributed by atoms with Crippen molar-refractivity contribution in [2.24, 2.45) is 11.3 Å². The molecule has 2 N–H and O–H groups in total. The molecule has 3 aliphatic rings. The summed E-state index contributed by atoms with van der Waals surface area (Å²) in [5.41, 5.74) is 4.53. The van der Waals surface area contributed by atoms with Crippen LogP contribution in [0, 0.1) is 18.3 Å². The summed E-state index contributed by atoms with van der Waals surface area (Å²) in [4.78, 5) is 36.7. The number of benzene rings is 2. The Bertz CT molecular complexity index is 1730. The van der Waals surface area contributed by atoms with Crippen LogP contribution in [0.2, 0.25) is 5.02 Å². The maximum atomic E-state index is 12.6. The van der Waals surface area contributed by atoms with Gasteiger partial charge in [-0.1, -0.05) is 37.6 Å². The number of amides is 1. The molecule has 2 aliphatic heterocycles. The number of pyridine rings is 1. The van der Waals surface area contributed by atoms with Gasteiger partial charge in [-0.25, -0.2) is 9.59 Å². The number of hydrogen-bond donors (Lipinski definition) is 2. The Kier molecular flexibility index (Phi) is 10.7. The van der Waals surface area contributed by atoms with E-state index in [-0.39, 0.29) is 5.56 Å². The summed E-state index contributed by atoms with van der Waals surface area (Å²) in [6, 6.07) is 15.7. The Morgan fingerprint density at radius 2 is 1.73 bits per heavy atom. The Morgan fingerprint density at radius 3 is 2.41 bits per heavy atom. The highest BCUT2D eigenvalue weighted by molar-refractivity contribution is 6.30. The van der Waals surface area contributed by atoms with Crippen LogP contribution in [0.15, 0.2) is 48.5 Å². The molecule has 2 fully saturated rings. The number of aromatic nitrogens is 1. The Hall–Kier alpha value is -4.02. The number of anilines is 4. The molecule has 2 atom stereocenters. The Balaban J connectivity index is 1.20. The lowest BCUT2D eigenvalue weighted by Crippen LogP contribution is -2.49. The average molecular weight is 718 g/mol. The van der Waals surface area contributed by atoms with Crippen LogP contribution in [0.4, 0.5) is 27.7 Å². The standard InChI is InChI=1S/C40H52ClN5O5/c1-26-32(45-21-19-44(20-22-45)25-28-16-17-40(5,6)24-31(28)27-8-10-29(41)11-9-27)13-12-30(37(47)48)35(26)46-18-7-23-50-36-33(46)14-15-34(42-36)43-38(49)51-39(2,3)4/h8-15,28,31H,7,16-25H2,1-6H3,(H,47,48)(H,42,43,49). The van der Waals surface area contributed by atoms with Gasteiger partial charge < -0.3 is 24.4 Å². The maximum Gasteiger partial charge on any atom is 0.413 e. The number of carbonyl (C=O) groups is 2. The number of fused-ring (bicyclic) bond motifs is 1. The van der Waals surface area contributed by atoms with E-state index < -0.39 is 17.7 Å². The summed E-state index contributed by atoms with van der Waals surface area (Å²) in [7, 11) is 0. The number of rotatable bonds is 7. The van der Waals surface area contributed by atoms with Crippen molar-refractivity contribution in [2.45, 2.75) is 78.7 Å². The zero-order chi connectivity index (χ0) is 36.5. The average Bonchev–Trinajstić information content (AvgIpc) is 3.27. The van der Waals surface area contributed by atoms with Gasteiger partial charge in [0.15, 0.2) is 0 Å². The third-order valence-electron chi connectivity index (χ3n) is 10.5. The molecule has 274 valence electrons. The van der Waals surface area contributed by atoms with Gasteiger partial charge >= 0.3 is 12.1 Å². The Morgan fingerprint density at radius 1 is 1.02 bits per heavy atom. The highest BCUT2D eigenvalue weighted by Gasteiger charge is 2.37. The maximum absolute atomic E-state index is 12.6. The minimum atomic E-state index is -0.988. The van der Waals surface area contributed by atoms with Crippen molar-refractivity contribution in [3.8, 4) is 5.88 Å². The first-order valence-corrected chi connectivity index (χ1v) is 18.6. The van der Waals surface area contributed by atoms with Crippen LogP contribution in [-0.2, 0) is 4.74 Å². The molecule has 1 amide bonds. The molecule has 2 aromatic carbocycles. The third-order valence-corrected chi connectivity index (χ3v) is 10.7. The lowest BCUT2D eigenvalue weighted by atomic mass is 9.65. The third kappa shape index (κ3) is 8.72. The van der Waals surface area contributed by atoms with Crippen molar-refractivity contribution < 1.29 is 24.2 Å². The van der Waals surface area contributed by atoms with Gasteiger partial charge in [-0.3, -0.25) is 10.2 Å². The van der Waals surface area contributed by atoms with Gasteiger partial charge in [0.05, 0.1) is 17.9 Å². The molecule has 1 saturated carbocycles. The molecule has 10 nitrogen and oxygen atoms in total. The van der Waals surface area contributed by atoms with E-state index in [4.69, 9.17) is 21.1 Å². The molecule has 51 heavy (non-hydrogen) atoms. The minimum absolute atomic E-state index is 0.229. The molecule has 3 aromatic rings. The second-order valence-corrected chi connectivity index (χ2v) is 16.5. The van der Waals surface area contributed by atoms with E-state index in [2.05, 4.69) is 46.1 Å². The summed E-state index contributed by atoms with van der Waals surface area (Å²) < 4.78 is 11.4. The molecule has 1 aliphatic carbocycles. The van der Waals surface area contributed by atoms with Crippen LogP contribution in [0.1, 0.15) is 87.7 Å². The zero-order valence-electron chi connectivity index (χ0n) is 30.8. The SMILES string of the molecule is Cc1c(N2CCN(CC3CCC(C)(C)CC3c3ccc(Cl)cc3)CC2)ccc(C(=O)O)c1N1CCCOc2nc(NC(=O)OC(C)(C)C)ccc21. The molecular weight excluding hydrogens is 666 g/mol. The van der Waals surface area contributed by atoms with Crippen LogP contribution in [0.5, 0.6) is 5.88 Å². The molecule has 1 aromatic heterocycles. The van der Waals surface area contributed by atoms with Gasteiger partial charge in [0.1, 0.15) is 17.1 Å². The van der Waals surface area contributed by atoms with Crippen molar-refractivity contribution in [3.05, 3.63) is 70.2 Å². The predicted octanol–water partition coefficient (Wildman–Crippen LogP) is 8.74. The molecule has 11 heteroatoms. The summed E-state index contributed by atoms with van der Waals surface area (Å²) in [6.07, 6.45) is 3.69. The van der Waals surface area contributed by atoms with Gasteiger partial charge in [-0.2, -0.15) is 4.98 Å². The largest absolute Gasteiger partial charge is 0.478 e. The number of hydrogen-bond acceptors (Lipinski definition) is 8. The Labute approximate surface area is 307 Å². The van der Waals surface area contributed by atoms with Gasteiger partial charge in [0.25, 0.3) is 0 Å². The number of carbonyl (C=O) groups excluding carboxylic acids is 1. The number of nitrogens with one attached hydrogen (secondary N) is 1. The van der Waals surface area contributed by atoms with Crippen LogP contribution >= 0.6 is 11.6 Å². The van der Waals surface area contributed by atoms with E-state index in [1.165, 1.54) is 24.8 Å². The number of halogens is 1. The van der Waals surface area contributed by atoms with E-state index in [9.17, 15) is 14.7 Å². The molecule has 1 saturated heterocycles.